The number of carbonyl (C=O) groups is 2. The third-order valence-electron chi connectivity index (χ3n) is 4.26. The molecule has 3 rings (SSSR count). The van der Waals surface area contributed by atoms with E-state index >= 15 is 0 Å². The van der Waals surface area contributed by atoms with E-state index in [1.54, 1.807) is 4.90 Å². The zero-order valence-corrected chi connectivity index (χ0v) is 13.0. The minimum atomic E-state index is -1.17. The predicted octanol–water partition coefficient (Wildman–Crippen LogP) is 3.13. The Morgan fingerprint density at radius 3 is 2.52 bits per heavy atom. The fraction of sp³-hybridized carbons (Fsp3) is 0.333. The number of amides is 1. The number of carbonyl (C=O) groups excluding carboxylic acids is 1. The molecule has 1 saturated heterocycles. The van der Waals surface area contributed by atoms with Gasteiger partial charge in [0.25, 0.3) is 5.91 Å². The molecule has 0 radical (unpaired) electrons. The Morgan fingerprint density at radius 2 is 1.87 bits per heavy atom. The highest BCUT2D eigenvalue weighted by molar-refractivity contribution is 5.93. The number of carboxylic acids is 1. The highest BCUT2D eigenvalue weighted by Gasteiger charge is 2.31. The molecule has 1 atom stereocenters. The van der Waals surface area contributed by atoms with Gasteiger partial charge in [-0.25, -0.2) is 4.79 Å². The van der Waals surface area contributed by atoms with Crippen LogP contribution in [0.3, 0.4) is 0 Å². The van der Waals surface area contributed by atoms with Crippen LogP contribution in [0.25, 0.3) is 0 Å². The Morgan fingerprint density at radius 1 is 1.17 bits per heavy atom. The average molecular weight is 313 g/mol. The number of rotatable bonds is 4. The van der Waals surface area contributed by atoms with E-state index in [0.717, 1.165) is 19.3 Å². The van der Waals surface area contributed by atoms with Crippen LogP contribution in [0.5, 0.6) is 0 Å². The summed E-state index contributed by atoms with van der Waals surface area (Å²) in [6.07, 6.45) is 2.71. The fourth-order valence-electron chi connectivity index (χ4n) is 3.02. The van der Waals surface area contributed by atoms with Gasteiger partial charge < -0.3 is 14.4 Å². The molecule has 5 heteroatoms. The minimum Gasteiger partial charge on any atom is -0.475 e. The molecule has 1 aliphatic heterocycles. The molecule has 1 aromatic heterocycles. The number of benzene rings is 1. The second-order valence-electron chi connectivity index (χ2n) is 5.95. The van der Waals surface area contributed by atoms with Crippen LogP contribution in [-0.2, 0) is 6.42 Å². The monoisotopic (exact) mass is 313 g/mol. The van der Waals surface area contributed by atoms with Crippen molar-refractivity contribution in [3.8, 4) is 0 Å². The lowest BCUT2D eigenvalue weighted by atomic mass is 10.0. The van der Waals surface area contributed by atoms with Gasteiger partial charge in [0.15, 0.2) is 5.76 Å². The van der Waals surface area contributed by atoms with E-state index in [1.807, 2.05) is 6.92 Å². The first kappa shape index (κ1) is 15.3. The second kappa shape index (κ2) is 6.28. The smallest absolute Gasteiger partial charge is 0.371 e. The van der Waals surface area contributed by atoms with E-state index in [2.05, 4.69) is 24.3 Å². The van der Waals surface area contributed by atoms with Gasteiger partial charge in [-0.15, -0.1) is 0 Å². The van der Waals surface area contributed by atoms with Crippen molar-refractivity contribution in [2.24, 2.45) is 0 Å². The largest absolute Gasteiger partial charge is 0.475 e. The van der Waals surface area contributed by atoms with Gasteiger partial charge in [0, 0.05) is 12.6 Å². The maximum Gasteiger partial charge on any atom is 0.371 e. The summed E-state index contributed by atoms with van der Waals surface area (Å²) in [5.41, 5.74) is 2.41. The molecule has 1 aliphatic rings. The maximum absolute atomic E-state index is 12.6. The molecule has 0 saturated carbocycles. The average Bonchev–Trinajstić information content (AvgIpc) is 3.18. The molecule has 1 N–H and O–H groups in total. The van der Waals surface area contributed by atoms with Crippen molar-refractivity contribution >= 4 is 11.9 Å². The molecule has 0 bridgehead atoms. The molecule has 2 aromatic rings. The second-order valence-corrected chi connectivity index (χ2v) is 5.95. The van der Waals surface area contributed by atoms with Gasteiger partial charge in [-0.2, -0.15) is 0 Å². The molecule has 1 unspecified atom stereocenters. The number of carboxylic acid groups (broad SMARTS) is 1. The number of hydrogen-bond acceptors (Lipinski definition) is 3. The van der Waals surface area contributed by atoms with Crippen molar-refractivity contribution in [2.45, 2.75) is 32.2 Å². The van der Waals surface area contributed by atoms with Crippen LogP contribution in [0.4, 0.5) is 0 Å². The van der Waals surface area contributed by atoms with Gasteiger partial charge in [0.1, 0.15) is 0 Å². The van der Waals surface area contributed by atoms with Crippen LogP contribution in [-0.4, -0.2) is 34.5 Å². The van der Waals surface area contributed by atoms with Crippen LogP contribution in [0.15, 0.2) is 40.8 Å². The Hall–Kier alpha value is -2.56. The first-order valence-electron chi connectivity index (χ1n) is 7.74. The van der Waals surface area contributed by atoms with Gasteiger partial charge >= 0.3 is 5.97 Å². The number of aromatic carboxylic acids is 1. The quantitative estimate of drug-likeness (QED) is 0.941. The summed E-state index contributed by atoms with van der Waals surface area (Å²) in [6, 6.07) is 11.2. The van der Waals surface area contributed by atoms with E-state index in [1.165, 1.54) is 23.3 Å². The fourth-order valence-corrected chi connectivity index (χ4v) is 3.02. The normalized spacial score (nSPS) is 17.4. The molecule has 5 nitrogen and oxygen atoms in total. The van der Waals surface area contributed by atoms with Gasteiger partial charge in [0.05, 0.1) is 0 Å². The van der Waals surface area contributed by atoms with Crippen molar-refractivity contribution in [3.05, 3.63) is 59.0 Å². The molecular weight excluding hydrogens is 294 g/mol. The van der Waals surface area contributed by atoms with E-state index in [-0.39, 0.29) is 23.5 Å². The first-order valence-corrected chi connectivity index (χ1v) is 7.74. The van der Waals surface area contributed by atoms with E-state index < -0.39 is 5.97 Å². The van der Waals surface area contributed by atoms with Gasteiger partial charge in [-0.3, -0.25) is 4.79 Å². The van der Waals surface area contributed by atoms with Crippen molar-refractivity contribution in [1.29, 1.82) is 0 Å². The van der Waals surface area contributed by atoms with Crippen LogP contribution in [0.1, 0.15) is 45.1 Å². The molecule has 1 fully saturated rings. The number of likely N-dealkylation sites (tertiary alicyclic amines) is 1. The molecule has 0 spiro atoms. The standard InChI is InChI=1S/C18H19NO4/c1-12-4-6-13(7-5-12)11-14-3-2-10-19(14)17(20)15-8-9-16(23-15)18(21)22/h4-9,14H,2-3,10-11H2,1H3,(H,21,22). The molecule has 23 heavy (non-hydrogen) atoms. The van der Waals surface area contributed by atoms with E-state index in [0.29, 0.717) is 6.54 Å². The highest BCUT2D eigenvalue weighted by atomic mass is 16.4. The number of furan rings is 1. The summed E-state index contributed by atoms with van der Waals surface area (Å²) < 4.78 is 5.14. The molecule has 0 aliphatic carbocycles. The topological polar surface area (TPSA) is 70.8 Å². The summed E-state index contributed by atoms with van der Waals surface area (Å²) in [5.74, 6) is -1.50. The number of nitrogens with zero attached hydrogens (tertiary/aromatic N) is 1. The van der Waals surface area contributed by atoms with E-state index in [4.69, 9.17) is 9.52 Å². The predicted molar refractivity (Wildman–Crippen MR) is 84.6 cm³/mol. The van der Waals surface area contributed by atoms with Gasteiger partial charge in [-0.1, -0.05) is 29.8 Å². The summed E-state index contributed by atoms with van der Waals surface area (Å²) in [4.78, 5) is 25.2. The van der Waals surface area contributed by atoms with Crippen LogP contribution >= 0.6 is 0 Å². The summed E-state index contributed by atoms with van der Waals surface area (Å²) >= 11 is 0. The third kappa shape index (κ3) is 3.28. The summed E-state index contributed by atoms with van der Waals surface area (Å²) in [6.45, 7) is 2.73. The molecule has 2 heterocycles. The van der Waals surface area contributed by atoms with E-state index in [9.17, 15) is 9.59 Å². The number of hydrogen-bond donors (Lipinski definition) is 1. The lowest BCUT2D eigenvalue weighted by Crippen LogP contribution is -2.36. The zero-order valence-electron chi connectivity index (χ0n) is 13.0. The van der Waals surface area contributed by atoms with Crippen molar-refractivity contribution < 1.29 is 19.1 Å². The zero-order chi connectivity index (χ0) is 16.4. The molecule has 120 valence electrons. The third-order valence-corrected chi connectivity index (χ3v) is 4.26. The first-order chi connectivity index (χ1) is 11.0. The van der Waals surface area contributed by atoms with Crippen molar-refractivity contribution in [3.63, 3.8) is 0 Å². The van der Waals surface area contributed by atoms with Crippen LogP contribution < -0.4 is 0 Å². The summed E-state index contributed by atoms with van der Waals surface area (Å²) in [7, 11) is 0. The maximum atomic E-state index is 12.6. The summed E-state index contributed by atoms with van der Waals surface area (Å²) in [5, 5.41) is 8.90. The minimum absolute atomic E-state index is 0.0956. The Labute approximate surface area is 134 Å². The van der Waals surface area contributed by atoms with Crippen LogP contribution in [0.2, 0.25) is 0 Å². The molecule has 1 amide bonds. The SMILES string of the molecule is Cc1ccc(CC2CCCN2C(=O)c2ccc(C(=O)O)o2)cc1. The van der Waals surface area contributed by atoms with Crippen molar-refractivity contribution in [2.75, 3.05) is 6.54 Å². The Balaban J connectivity index is 1.73. The number of aryl methyl sites for hydroxylation is 1. The molecule has 1 aromatic carbocycles. The van der Waals surface area contributed by atoms with Crippen LogP contribution in [0, 0.1) is 6.92 Å². The lowest BCUT2D eigenvalue weighted by Gasteiger charge is -2.24. The Kier molecular flexibility index (Phi) is 4.19. The Bertz CT molecular complexity index is 717. The highest BCUT2D eigenvalue weighted by Crippen LogP contribution is 2.24. The van der Waals surface area contributed by atoms with Gasteiger partial charge in [0.2, 0.25) is 5.76 Å². The van der Waals surface area contributed by atoms with Gasteiger partial charge in [-0.05, 0) is 43.9 Å². The molecular formula is C18H19NO4. The van der Waals surface area contributed by atoms with Crippen molar-refractivity contribution in [1.82, 2.24) is 4.90 Å². The lowest BCUT2D eigenvalue weighted by molar-refractivity contribution is 0.0646.